The predicted molar refractivity (Wildman–Crippen MR) is 78.8 cm³/mol. The second-order valence-corrected chi connectivity index (χ2v) is 5.16. The van der Waals surface area contributed by atoms with Crippen molar-refractivity contribution in [3.05, 3.63) is 35.7 Å². The number of carbonyl (C=O) groups excluding carboxylic acids is 1. The van der Waals surface area contributed by atoms with Crippen LogP contribution < -0.4 is 15.4 Å². The number of nitrogens with zero attached hydrogens (tertiary/aromatic N) is 1. The molecule has 0 aliphatic heterocycles. The van der Waals surface area contributed by atoms with Crippen molar-refractivity contribution in [1.82, 2.24) is 5.32 Å². The topological polar surface area (TPSA) is 65.2 Å². The Kier molecular flexibility index (Phi) is 6.03. The van der Waals surface area contributed by atoms with E-state index in [4.69, 9.17) is 0 Å². The van der Waals surface area contributed by atoms with Crippen molar-refractivity contribution in [3.8, 4) is 0 Å². The van der Waals surface area contributed by atoms with E-state index in [1.54, 1.807) is 6.08 Å². The molecule has 110 valence electrons. The summed E-state index contributed by atoms with van der Waals surface area (Å²) >= 11 is 0. The summed E-state index contributed by atoms with van der Waals surface area (Å²) < 4.78 is 1.14. The molecular formula is C15H24N3O2+. The summed E-state index contributed by atoms with van der Waals surface area (Å²) in [6.07, 6.45) is 3.43. The highest BCUT2D eigenvalue weighted by molar-refractivity contribution is 5.87. The van der Waals surface area contributed by atoms with Crippen LogP contribution in [0.4, 0.5) is 5.69 Å². The predicted octanol–water partition coefficient (Wildman–Crippen LogP) is 1.57. The molecule has 1 aromatic heterocycles. The molecule has 1 amide bonds. The van der Waals surface area contributed by atoms with E-state index in [1.807, 2.05) is 45.9 Å². The highest BCUT2D eigenvalue weighted by atomic mass is 16.5. The number of anilines is 1. The quantitative estimate of drug-likeness (QED) is 0.320. The van der Waals surface area contributed by atoms with Crippen LogP contribution in [0.1, 0.15) is 25.2 Å². The molecule has 1 rings (SSSR count). The van der Waals surface area contributed by atoms with Gasteiger partial charge in [-0.05, 0) is 12.0 Å². The second-order valence-electron chi connectivity index (χ2n) is 5.16. The molecule has 1 aromatic rings. The molecular weight excluding hydrogens is 254 g/mol. The Bertz CT molecular complexity index is 473. The maximum absolute atomic E-state index is 11.4. The molecule has 0 aliphatic carbocycles. The van der Waals surface area contributed by atoms with E-state index in [9.17, 15) is 10.0 Å². The molecule has 1 heterocycles. The lowest BCUT2D eigenvalue weighted by Gasteiger charge is -2.07. The third-order valence-corrected chi connectivity index (χ3v) is 2.78. The number of pyridine rings is 1. The molecule has 0 saturated carbocycles. The summed E-state index contributed by atoms with van der Waals surface area (Å²) in [6.45, 7) is 8.90. The van der Waals surface area contributed by atoms with Gasteiger partial charge in [-0.25, -0.2) is 0 Å². The number of aromatic nitrogens is 1. The van der Waals surface area contributed by atoms with Crippen LogP contribution in [0.2, 0.25) is 0 Å². The largest absolute Gasteiger partial charge is 0.383 e. The molecule has 0 saturated heterocycles. The van der Waals surface area contributed by atoms with Gasteiger partial charge in [-0.1, -0.05) is 19.9 Å². The fourth-order valence-corrected chi connectivity index (χ4v) is 1.73. The second kappa shape index (κ2) is 7.53. The normalized spacial score (nSPS) is 11.1. The molecule has 0 atom stereocenters. The molecule has 3 N–H and O–H groups in total. The monoisotopic (exact) mass is 278 g/mol. The number of amides is 1. The summed E-state index contributed by atoms with van der Waals surface area (Å²) in [5.41, 5.74) is 2.45. The van der Waals surface area contributed by atoms with Crippen LogP contribution in [0.25, 0.3) is 0 Å². The van der Waals surface area contributed by atoms with Gasteiger partial charge in [-0.15, -0.1) is 0 Å². The van der Waals surface area contributed by atoms with Crippen molar-refractivity contribution >= 4 is 11.6 Å². The average Bonchev–Trinajstić information content (AvgIpc) is 2.38. The Balaban J connectivity index is 2.37. The molecule has 0 spiro atoms. The van der Waals surface area contributed by atoms with Gasteiger partial charge in [-0.3, -0.25) is 10.0 Å². The number of allylic oxidation sites excluding steroid dienone is 1. The summed E-state index contributed by atoms with van der Waals surface area (Å²) in [6, 6.07) is 3.71. The van der Waals surface area contributed by atoms with E-state index in [0.717, 1.165) is 21.8 Å². The first-order valence-corrected chi connectivity index (χ1v) is 6.82. The van der Waals surface area contributed by atoms with E-state index in [1.165, 1.54) is 0 Å². The van der Waals surface area contributed by atoms with Gasteiger partial charge >= 0.3 is 0 Å². The van der Waals surface area contributed by atoms with Gasteiger partial charge in [0.05, 0.1) is 0 Å². The molecule has 0 aromatic carbocycles. The van der Waals surface area contributed by atoms with Crippen LogP contribution in [-0.4, -0.2) is 24.2 Å². The highest BCUT2D eigenvalue weighted by Gasteiger charge is 2.10. The Morgan fingerprint density at radius 1 is 1.30 bits per heavy atom. The third-order valence-electron chi connectivity index (χ3n) is 2.78. The van der Waals surface area contributed by atoms with Crippen molar-refractivity contribution in [2.24, 2.45) is 5.92 Å². The lowest BCUT2D eigenvalue weighted by molar-refractivity contribution is -0.912. The highest BCUT2D eigenvalue weighted by Crippen LogP contribution is 2.08. The van der Waals surface area contributed by atoms with Crippen LogP contribution in [0, 0.1) is 19.8 Å². The summed E-state index contributed by atoms with van der Waals surface area (Å²) in [5, 5.41) is 15.6. The maximum atomic E-state index is 11.4. The Labute approximate surface area is 120 Å². The van der Waals surface area contributed by atoms with E-state index in [-0.39, 0.29) is 5.91 Å². The van der Waals surface area contributed by atoms with E-state index < -0.39 is 0 Å². The molecule has 5 nitrogen and oxygen atoms in total. The van der Waals surface area contributed by atoms with Gasteiger partial charge in [0.15, 0.2) is 0 Å². The fraction of sp³-hybridized carbons (Fsp3) is 0.467. The first-order valence-electron chi connectivity index (χ1n) is 6.82. The summed E-state index contributed by atoms with van der Waals surface area (Å²) in [5.74, 6) is 0.299. The van der Waals surface area contributed by atoms with Crippen molar-refractivity contribution < 1.29 is 14.7 Å². The van der Waals surface area contributed by atoms with Gasteiger partial charge in [0.1, 0.15) is 0 Å². The fourth-order valence-electron chi connectivity index (χ4n) is 1.73. The van der Waals surface area contributed by atoms with Crippen molar-refractivity contribution in [2.45, 2.75) is 27.7 Å². The summed E-state index contributed by atoms with van der Waals surface area (Å²) in [4.78, 5) is 11.4. The van der Waals surface area contributed by atoms with E-state index in [2.05, 4.69) is 10.6 Å². The van der Waals surface area contributed by atoms with Crippen molar-refractivity contribution in [1.29, 1.82) is 0 Å². The van der Waals surface area contributed by atoms with Crippen molar-refractivity contribution in [3.63, 3.8) is 0 Å². The van der Waals surface area contributed by atoms with Crippen LogP contribution in [0.3, 0.4) is 0 Å². The first kappa shape index (κ1) is 16.0. The minimum atomic E-state index is -0.0749. The van der Waals surface area contributed by atoms with Crippen LogP contribution in [-0.2, 0) is 4.79 Å². The number of hydrogen-bond acceptors (Lipinski definition) is 3. The molecule has 0 fully saturated rings. The van der Waals surface area contributed by atoms with Crippen LogP contribution in [0.15, 0.2) is 24.3 Å². The van der Waals surface area contributed by atoms with Gasteiger partial charge in [0.2, 0.25) is 17.3 Å². The molecule has 5 heteroatoms. The maximum Gasteiger partial charge on any atom is 0.243 e. The number of rotatable bonds is 6. The van der Waals surface area contributed by atoms with Crippen LogP contribution in [0.5, 0.6) is 0 Å². The lowest BCUT2D eigenvalue weighted by Crippen LogP contribution is -2.37. The number of aryl methyl sites for hydroxylation is 2. The molecule has 20 heavy (non-hydrogen) atoms. The molecule has 0 unspecified atom stereocenters. The average molecular weight is 278 g/mol. The standard InChI is InChI=1S/C15H23N3O2/c1-11(2)5-6-15(19)17-8-7-16-14-9-12(3)18(20)13(4)10-14/h5-6,9-11,20H,7-8H2,1-4H3,(H,17,19)/p+1/b6-5+. The first-order chi connectivity index (χ1) is 9.40. The Morgan fingerprint density at radius 3 is 2.45 bits per heavy atom. The third kappa shape index (κ3) is 5.30. The van der Waals surface area contributed by atoms with Gasteiger partial charge in [0, 0.05) is 49.5 Å². The summed E-state index contributed by atoms with van der Waals surface area (Å²) in [7, 11) is 0. The smallest absolute Gasteiger partial charge is 0.243 e. The minimum Gasteiger partial charge on any atom is -0.383 e. The zero-order valence-electron chi connectivity index (χ0n) is 12.6. The molecule has 0 aliphatic rings. The minimum absolute atomic E-state index is 0.0749. The SMILES string of the molecule is Cc1cc(NCCNC(=O)/C=C/C(C)C)cc(C)[n+]1O. The van der Waals surface area contributed by atoms with Crippen LogP contribution >= 0.6 is 0 Å². The number of carbonyl (C=O) groups is 1. The Hall–Kier alpha value is -2.04. The van der Waals surface area contributed by atoms with E-state index in [0.29, 0.717) is 19.0 Å². The lowest BCUT2D eigenvalue weighted by atomic mass is 10.2. The van der Waals surface area contributed by atoms with Gasteiger partial charge < -0.3 is 10.6 Å². The number of hydrogen-bond donors (Lipinski definition) is 3. The van der Waals surface area contributed by atoms with E-state index >= 15 is 0 Å². The van der Waals surface area contributed by atoms with Crippen molar-refractivity contribution in [2.75, 3.05) is 18.4 Å². The molecule has 0 radical (unpaired) electrons. The number of nitrogens with one attached hydrogen (secondary N) is 2. The Morgan fingerprint density at radius 2 is 1.90 bits per heavy atom. The van der Waals surface area contributed by atoms with Gasteiger partial charge in [-0.2, -0.15) is 0 Å². The molecule has 0 bridgehead atoms. The van der Waals surface area contributed by atoms with Gasteiger partial charge in [0.25, 0.3) is 0 Å². The zero-order valence-corrected chi connectivity index (χ0v) is 12.6. The zero-order chi connectivity index (χ0) is 15.1.